The van der Waals surface area contributed by atoms with E-state index in [2.05, 4.69) is 20.8 Å². The van der Waals surface area contributed by atoms with Crippen LogP contribution in [0, 0.1) is 11.8 Å². The van der Waals surface area contributed by atoms with Gasteiger partial charge < -0.3 is 9.84 Å². The smallest absolute Gasteiger partial charge is 0.0940 e. The molecule has 1 aliphatic rings. The van der Waals surface area contributed by atoms with E-state index in [0.717, 1.165) is 31.6 Å². The van der Waals surface area contributed by atoms with E-state index >= 15 is 0 Å². The van der Waals surface area contributed by atoms with E-state index < -0.39 is 0 Å². The molecule has 0 saturated heterocycles. The molecule has 2 heteroatoms. The maximum Gasteiger partial charge on any atom is 0.0940 e. The fraction of sp³-hybridized carbons (Fsp3) is 1.00. The van der Waals surface area contributed by atoms with Gasteiger partial charge in [0, 0.05) is 6.61 Å². The second kappa shape index (κ2) is 6.75. The normalized spacial score (nSPS) is 33.4. The molecule has 0 spiro atoms. The van der Waals surface area contributed by atoms with Crippen molar-refractivity contribution in [3.05, 3.63) is 0 Å². The second-order valence-corrected chi connectivity index (χ2v) is 5.95. The highest BCUT2D eigenvalue weighted by Crippen LogP contribution is 2.39. The predicted molar refractivity (Wildman–Crippen MR) is 72.1 cm³/mol. The average molecular weight is 242 g/mol. The number of aliphatic hydroxyl groups is 1. The minimum absolute atomic E-state index is 0.245. The van der Waals surface area contributed by atoms with Crippen LogP contribution in [0.4, 0.5) is 0 Å². The van der Waals surface area contributed by atoms with Gasteiger partial charge in [0.05, 0.1) is 11.7 Å². The minimum Gasteiger partial charge on any atom is -0.390 e. The van der Waals surface area contributed by atoms with Crippen LogP contribution in [0.25, 0.3) is 0 Å². The van der Waals surface area contributed by atoms with Gasteiger partial charge in [-0.2, -0.15) is 0 Å². The van der Waals surface area contributed by atoms with Crippen LogP contribution >= 0.6 is 0 Å². The molecule has 0 aromatic carbocycles. The van der Waals surface area contributed by atoms with Crippen molar-refractivity contribution in [1.29, 1.82) is 0 Å². The van der Waals surface area contributed by atoms with Gasteiger partial charge in [0.25, 0.3) is 0 Å². The second-order valence-electron chi connectivity index (χ2n) is 5.95. The highest BCUT2D eigenvalue weighted by atomic mass is 16.5. The van der Waals surface area contributed by atoms with E-state index in [1.807, 2.05) is 6.92 Å². The van der Waals surface area contributed by atoms with Gasteiger partial charge >= 0.3 is 0 Å². The van der Waals surface area contributed by atoms with Gasteiger partial charge in [-0.3, -0.25) is 0 Å². The third kappa shape index (κ3) is 3.96. The van der Waals surface area contributed by atoms with E-state index in [1.54, 1.807) is 0 Å². The standard InChI is InChI=1S/C15H30O2/c1-5-12(3)11-14(16)15(17-6-2)9-7-13(4)8-10-15/h12-14,16H,5-11H2,1-4H3. The van der Waals surface area contributed by atoms with Crippen LogP contribution in [0.3, 0.4) is 0 Å². The molecule has 1 rings (SSSR count). The lowest BCUT2D eigenvalue weighted by Gasteiger charge is -2.43. The maximum absolute atomic E-state index is 10.5. The summed E-state index contributed by atoms with van der Waals surface area (Å²) in [5.74, 6) is 1.38. The molecule has 0 bridgehead atoms. The molecule has 0 radical (unpaired) electrons. The highest BCUT2D eigenvalue weighted by Gasteiger charge is 2.41. The van der Waals surface area contributed by atoms with Crippen molar-refractivity contribution in [2.75, 3.05) is 6.61 Å². The number of hydrogen-bond donors (Lipinski definition) is 1. The van der Waals surface area contributed by atoms with E-state index in [4.69, 9.17) is 4.74 Å². The van der Waals surface area contributed by atoms with Crippen LogP contribution in [0.5, 0.6) is 0 Å². The molecule has 1 N–H and O–H groups in total. The summed E-state index contributed by atoms with van der Waals surface area (Å²) in [5, 5.41) is 10.5. The first-order valence-electron chi connectivity index (χ1n) is 7.36. The predicted octanol–water partition coefficient (Wildman–Crippen LogP) is 3.77. The molecule has 1 aliphatic carbocycles. The topological polar surface area (TPSA) is 29.5 Å². The first kappa shape index (κ1) is 15.0. The van der Waals surface area contributed by atoms with Crippen molar-refractivity contribution in [3.63, 3.8) is 0 Å². The van der Waals surface area contributed by atoms with Crippen molar-refractivity contribution in [3.8, 4) is 0 Å². The fourth-order valence-electron chi connectivity index (χ4n) is 2.87. The maximum atomic E-state index is 10.5. The van der Waals surface area contributed by atoms with Gasteiger partial charge in [-0.15, -0.1) is 0 Å². The van der Waals surface area contributed by atoms with Crippen molar-refractivity contribution >= 4 is 0 Å². The van der Waals surface area contributed by atoms with Crippen LogP contribution in [0.1, 0.15) is 66.2 Å². The number of rotatable bonds is 6. The number of aliphatic hydroxyl groups excluding tert-OH is 1. The molecular formula is C15H30O2. The Morgan fingerprint density at radius 3 is 2.35 bits per heavy atom. The van der Waals surface area contributed by atoms with Crippen LogP contribution in [-0.2, 0) is 4.74 Å². The molecule has 102 valence electrons. The Labute approximate surface area is 107 Å². The Morgan fingerprint density at radius 2 is 1.88 bits per heavy atom. The molecule has 1 fully saturated rings. The van der Waals surface area contributed by atoms with E-state index in [9.17, 15) is 5.11 Å². The zero-order chi connectivity index (χ0) is 12.9. The van der Waals surface area contributed by atoms with Gasteiger partial charge in [0.2, 0.25) is 0 Å². The van der Waals surface area contributed by atoms with Gasteiger partial charge in [0.15, 0.2) is 0 Å². The van der Waals surface area contributed by atoms with Crippen molar-refractivity contribution in [1.82, 2.24) is 0 Å². The lowest BCUT2D eigenvalue weighted by molar-refractivity contribution is -0.149. The molecule has 2 nitrogen and oxygen atoms in total. The van der Waals surface area contributed by atoms with Gasteiger partial charge in [-0.1, -0.05) is 27.2 Å². The molecule has 0 aromatic rings. The summed E-state index contributed by atoms with van der Waals surface area (Å²) in [7, 11) is 0. The van der Waals surface area contributed by atoms with Crippen LogP contribution in [0.2, 0.25) is 0 Å². The van der Waals surface area contributed by atoms with Crippen LogP contribution < -0.4 is 0 Å². The molecule has 0 heterocycles. The van der Waals surface area contributed by atoms with E-state index in [0.29, 0.717) is 12.5 Å². The quantitative estimate of drug-likeness (QED) is 0.768. The molecule has 17 heavy (non-hydrogen) atoms. The van der Waals surface area contributed by atoms with Gasteiger partial charge in [-0.25, -0.2) is 0 Å². The first-order chi connectivity index (χ1) is 8.04. The van der Waals surface area contributed by atoms with E-state index in [1.165, 1.54) is 12.8 Å². The Bertz CT molecular complexity index is 207. The summed E-state index contributed by atoms with van der Waals surface area (Å²) in [5.41, 5.74) is -0.245. The van der Waals surface area contributed by atoms with E-state index in [-0.39, 0.29) is 11.7 Å². The monoisotopic (exact) mass is 242 g/mol. The molecule has 0 amide bonds. The lowest BCUT2D eigenvalue weighted by Crippen LogP contribution is -2.48. The fourth-order valence-corrected chi connectivity index (χ4v) is 2.87. The highest BCUT2D eigenvalue weighted by molar-refractivity contribution is 4.93. The largest absolute Gasteiger partial charge is 0.390 e. The zero-order valence-corrected chi connectivity index (χ0v) is 12.0. The summed E-state index contributed by atoms with van der Waals surface area (Å²) >= 11 is 0. The van der Waals surface area contributed by atoms with Gasteiger partial charge in [-0.05, 0) is 50.9 Å². The third-order valence-electron chi connectivity index (χ3n) is 4.48. The Hall–Kier alpha value is -0.0800. The lowest BCUT2D eigenvalue weighted by atomic mass is 9.74. The number of ether oxygens (including phenoxy) is 1. The molecule has 2 atom stereocenters. The third-order valence-corrected chi connectivity index (χ3v) is 4.48. The molecule has 2 unspecified atom stereocenters. The summed E-state index contributed by atoms with van der Waals surface area (Å²) in [6, 6.07) is 0. The molecule has 1 saturated carbocycles. The van der Waals surface area contributed by atoms with Crippen molar-refractivity contribution < 1.29 is 9.84 Å². The Kier molecular flexibility index (Phi) is 5.94. The first-order valence-corrected chi connectivity index (χ1v) is 7.36. The SMILES string of the molecule is CCOC1(C(O)CC(C)CC)CCC(C)CC1. The van der Waals surface area contributed by atoms with Gasteiger partial charge in [0.1, 0.15) is 0 Å². The summed E-state index contributed by atoms with van der Waals surface area (Å²) in [6.45, 7) is 9.46. The van der Waals surface area contributed by atoms with Crippen LogP contribution in [0.15, 0.2) is 0 Å². The summed E-state index contributed by atoms with van der Waals surface area (Å²) < 4.78 is 5.98. The zero-order valence-electron chi connectivity index (χ0n) is 12.0. The Balaban J connectivity index is 2.63. The molecule has 0 aromatic heterocycles. The van der Waals surface area contributed by atoms with Crippen molar-refractivity contribution in [2.45, 2.75) is 77.9 Å². The summed E-state index contributed by atoms with van der Waals surface area (Å²) in [4.78, 5) is 0. The minimum atomic E-state index is -0.287. The van der Waals surface area contributed by atoms with Crippen molar-refractivity contribution in [2.24, 2.45) is 11.8 Å². The van der Waals surface area contributed by atoms with Crippen LogP contribution in [-0.4, -0.2) is 23.4 Å². The molecular weight excluding hydrogens is 212 g/mol. The number of hydrogen-bond acceptors (Lipinski definition) is 2. The summed E-state index contributed by atoms with van der Waals surface area (Å²) in [6.07, 6.45) is 6.17. The molecule has 0 aliphatic heterocycles. The Morgan fingerprint density at radius 1 is 1.29 bits per heavy atom. The average Bonchev–Trinajstić information content (AvgIpc) is 2.32.